The molecular formula is C25H21Cl2F3N4O3. The summed E-state index contributed by atoms with van der Waals surface area (Å²) in [7, 11) is 1.20. The molecule has 0 radical (unpaired) electrons. The van der Waals surface area contributed by atoms with Crippen molar-refractivity contribution in [3.63, 3.8) is 0 Å². The molecule has 1 amide bonds. The van der Waals surface area contributed by atoms with Gasteiger partial charge in [-0.05, 0) is 30.2 Å². The Morgan fingerprint density at radius 2 is 1.84 bits per heavy atom. The molecule has 1 aliphatic heterocycles. The molecule has 0 bridgehead atoms. The van der Waals surface area contributed by atoms with Gasteiger partial charge in [0.2, 0.25) is 0 Å². The molecule has 2 N–H and O–H groups in total. The lowest BCUT2D eigenvalue weighted by Crippen LogP contribution is -2.45. The fourth-order valence-corrected chi connectivity index (χ4v) is 4.42. The van der Waals surface area contributed by atoms with Crippen molar-refractivity contribution in [2.45, 2.75) is 31.6 Å². The minimum absolute atomic E-state index is 0.0336. The maximum atomic E-state index is 13.6. The van der Waals surface area contributed by atoms with Crippen molar-refractivity contribution >= 4 is 40.9 Å². The molecule has 37 heavy (non-hydrogen) atoms. The lowest BCUT2D eigenvalue weighted by Gasteiger charge is -2.30. The Bertz CT molecular complexity index is 1370. The number of esters is 1. The molecule has 2 heterocycles. The SMILES string of the molecule is COC(=O)C(Cc1ccccc1)NC(=O)C1=C(C)Nc2cc(C(F)(F)F)nn2C1c1ccc(Cl)c(Cl)c1. The molecule has 0 saturated carbocycles. The zero-order chi connectivity index (χ0) is 26.9. The van der Waals surface area contributed by atoms with Gasteiger partial charge in [0.25, 0.3) is 5.91 Å². The summed E-state index contributed by atoms with van der Waals surface area (Å²) in [5, 5.41) is 9.62. The van der Waals surface area contributed by atoms with Crippen LogP contribution in [0.15, 0.2) is 65.9 Å². The van der Waals surface area contributed by atoms with Crippen LogP contribution >= 0.6 is 23.2 Å². The maximum Gasteiger partial charge on any atom is 0.435 e. The summed E-state index contributed by atoms with van der Waals surface area (Å²) < 4.78 is 46.4. The standard InChI is InChI=1S/C25H21Cl2F3N4O3/c1-13-21(23(35)32-18(24(36)37-2)10-14-6-4-3-5-7-14)22(15-8-9-16(26)17(27)11-15)34-20(31-13)12-19(33-34)25(28,29)30/h3-9,11-12,18,22,31H,10H2,1-2H3,(H,32,35). The summed E-state index contributed by atoms with van der Waals surface area (Å²) in [4.78, 5) is 26.2. The number of carbonyl (C=O) groups is 2. The summed E-state index contributed by atoms with van der Waals surface area (Å²) in [5.41, 5.74) is 0.334. The third kappa shape index (κ3) is 5.60. The van der Waals surface area contributed by atoms with Crippen molar-refractivity contribution in [1.82, 2.24) is 15.1 Å². The Morgan fingerprint density at radius 3 is 2.46 bits per heavy atom. The van der Waals surface area contributed by atoms with Crippen molar-refractivity contribution in [2.24, 2.45) is 0 Å². The van der Waals surface area contributed by atoms with Gasteiger partial charge in [-0.1, -0.05) is 59.6 Å². The number of allylic oxidation sites excluding steroid dienone is 1. The Balaban J connectivity index is 1.76. The summed E-state index contributed by atoms with van der Waals surface area (Å²) in [6.07, 6.45) is -4.57. The maximum absolute atomic E-state index is 13.6. The molecule has 7 nitrogen and oxygen atoms in total. The first-order chi connectivity index (χ1) is 17.5. The van der Waals surface area contributed by atoms with Gasteiger partial charge in [0.05, 0.1) is 22.7 Å². The van der Waals surface area contributed by atoms with Gasteiger partial charge >= 0.3 is 12.1 Å². The first-order valence-electron chi connectivity index (χ1n) is 11.0. The molecule has 1 aromatic heterocycles. The number of hydrogen-bond donors (Lipinski definition) is 2. The van der Waals surface area contributed by atoms with E-state index in [-0.39, 0.29) is 33.6 Å². The second kappa shape index (κ2) is 10.5. The number of alkyl halides is 3. The number of ether oxygens (including phenoxy) is 1. The normalized spacial score (nSPS) is 16.0. The van der Waals surface area contributed by atoms with Gasteiger partial charge < -0.3 is 15.4 Å². The lowest BCUT2D eigenvalue weighted by atomic mass is 9.94. The third-order valence-corrected chi connectivity index (χ3v) is 6.58. The fourth-order valence-electron chi connectivity index (χ4n) is 4.12. The van der Waals surface area contributed by atoms with Crippen LogP contribution in [0.5, 0.6) is 0 Å². The predicted molar refractivity (Wildman–Crippen MR) is 132 cm³/mol. The van der Waals surface area contributed by atoms with E-state index in [2.05, 4.69) is 15.7 Å². The van der Waals surface area contributed by atoms with Crippen LogP contribution in [0.4, 0.5) is 19.0 Å². The molecular weight excluding hydrogens is 532 g/mol. The van der Waals surface area contributed by atoms with Crippen molar-refractivity contribution in [3.8, 4) is 0 Å². The highest BCUT2D eigenvalue weighted by Gasteiger charge is 2.40. The molecule has 2 atom stereocenters. The van der Waals surface area contributed by atoms with Gasteiger partial charge in [0.1, 0.15) is 17.9 Å². The molecule has 12 heteroatoms. The van der Waals surface area contributed by atoms with Gasteiger partial charge in [0, 0.05) is 18.2 Å². The summed E-state index contributed by atoms with van der Waals surface area (Å²) in [5.74, 6) is -1.34. The van der Waals surface area contributed by atoms with Crippen molar-refractivity contribution in [2.75, 3.05) is 12.4 Å². The number of nitrogens with zero attached hydrogens (tertiary/aromatic N) is 2. The van der Waals surface area contributed by atoms with E-state index in [1.165, 1.54) is 19.2 Å². The predicted octanol–water partition coefficient (Wildman–Crippen LogP) is 5.40. The van der Waals surface area contributed by atoms with Crippen LogP contribution in [0.1, 0.15) is 29.8 Å². The number of fused-ring (bicyclic) bond motifs is 1. The number of methoxy groups -OCH3 is 1. The molecule has 0 spiro atoms. The first kappa shape index (κ1) is 26.6. The molecule has 1 aliphatic rings. The Kier molecular flexibility index (Phi) is 7.52. The number of nitrogens with one attached hydrogen (secondary N) is 2. The zero-order valence-corrected chi connectivity index (χ0v) is 21.1. The minimum Gasteiger partial charge on any atom is -0.467 e. The largest absolute Gasteiger partial charge is 0.467 e. The van der Waals surface area contributed by atoms with Crippen LogP contribution in [0.3, 0.4) is 0 Å². The topological polar surface area (TPSA) is 85.2 Å². The quantitative estimate of drug-likeness (QED) is 0.400. The van der Waals surface area contributed by atoms with Crippen LogP contribution in [0, 0.1) is 0 Å². The van der Waals surface area contributed by atoms with E-state index in [4.69, 9.17) is 27.9 Å². The molecule has 0 aliphatic carbocycles. The molecule has 0 fully saturated rings. The Hall–Kier alpha value is -3.50. The van der Waals surface area contributed by atoms with E-state index in [0.29, 0.717) is 5.56 Å². The highest BCUT2D eigenvalue weighted by molar-refractivity contribution is 6.42. The summed E-state index contributed by atoms with van der Waals surface area (Å²) >= 11 is 12.3. The lowest BCUT2D eigenvalue weighted by molar-refractivity contribution is -0.144. The molecule has 2 aromatic carbocycles. The molecule has 2 unspecified atom stereocenters. The van der Waals surface area contributed by atoms with E-state index in [9.17, 15) is 22.8 Å². The van der Waals surface area contributed by atoms with Gasteiger partial charge in [-0.25, -0.2) is 9.48 Å². The first-order valence-corrected chi connectivity index (χ1v) is 11.8. The van der Waals surface area contributed by atoms with E-state index >= 15 is 0 Å². The monoisotopic (exact) mass is 552 g/mol. The van der Waals surface area contributed by atoms with Gasteiger partial charge in [0.15, 0.2) is 5.69 Å². The summed E-state index contributed by atoms with van der Waals surface area (Å²) in [6.45, 7) is 1.55. The van der Waals surface area contributed by atoms with Gasteiger partial charge in [-0.2, -0.15) is 18.3 Å². The Labute approximate surface area is 220 Å². The van der Waals surface area contributed by atoms with Gasteiger partial charge in [-0.15, -0.1) is 0 Å². The molecule has 4 rings (SSSR count). The number of aromatic nitrogens is 2. The number of carbonyl (C=O) groups excluding carboxylic acids is 2. The molecule has 3 aromatic rings. The van der Waals surface area contributed by atoms with Crippen LogP contribution in [0.2, 0.25) is 10.0 Å². The fraction of sp³-hybridized carbons (Fsp3) is 0.240. The number of rotatable bonds is 6. The third-order valence-electron chi connectivity index (χ3n) is 5.84. The second-order valence-corrected chi connectivity index (χ2v) is 9.15. The number of amides is 1. The summed E-state index contributed by atoms with van der Waals surface area (Å²) in [6, 6.07) is 12.2. The zero-order valence-electron chi connectivity index (χ0n) is 19.6. The highest BCUT2D eigenvalue weighted by atomic mass is 35.5. The average Bonchev–Trinajstić information content (AvgIpc) is 3.29. The van der Waals surface area contributed by atoms with E-state index in [1.807, 2.05) is 6.07 Å². The minimum atomic E-state index is -4.71. The smallest absolute Gasteiger partial charge is 0.435 e. The van der Waals surface area contributed by atoms with Gasteiger partial charge in [-0.3, -0.25) is 4.79 Å². The number of halogens is 5. The number of benzene rings is 2. The van der Waals surface area contributed by atoms with E-state index in [1.54, 1.807) is 37.3 Å². The van der Waals surface area contributed by atoms with E-state index in [0.717, 1.165) is 16.3 Å². The number of anilines is 1. The van der Waals surface area contributed by atoms with Crippen LogP contribution < -0.4 is 10.6 Å². The Morgan fingerprint density at radius 1 is 1.14 bits per heavy atom. The van der Waals surface area contributed by atoms with Crippen molar-refractivity contribution < 1.29 is 27.5 Å². The van der Waals surface area contributed by atoms with Crippen LogP contribution in [-0.4, -0.2) is 34.8 Å². The van der Waals surface area contributed by atoms with E-state index < -0.39 is 35.8 Å². The molecule has 0 saturated heterocycles. The molecule has 194 valence electrons. The average molecular weight is 553 g/mol. The second-order valence-electron chi connectivity index (χ2n) is 8.34. The van der Waals surface area contributed by atoms with Crippen LogP contribution in [0.25, 0.3) is 0 Å². The van der Waals surface area contributed by atoms with Crippen LogP contribution in [-0.2, 0) is 26.9 Å². The highest BCUT2D eigenvalue weighted by Crippen LogP contribution is 2.40. The number of hydrogen-bond acceptors (Lipinski definition) is 5. The van der Waals surface area contributed by atoms with Crippen molar-refractivity contribution in [3.05, 3.63) is 92.7 Å². The van der Waals surface area contributed by atoms with Crippen molar-refractivity contribution in [1.29, 1.82) is 0 Å².